The molecule has 0 unspecified atom stereocenters. The predicted molar refractivity (Wildman–Crippen MR) is 67.0 cm³/mol. The molecule has 1 aromatic rings. The molecule has 19 heavy (non-hydrogen) atoms. The minimum Gasteiger partial charge on any atom is -0.486 e. The van der Waals surface area contributed by atoms with E-state index in [1.165, 1.54) is 19.2 Å². The maximum absolute atomic E-state index is 13.5. The largest absolute Gasteiger partial charge is 0.486 e. The van der Waals surface area contributed by atoms with Crippen molar-refractivity contribution in [2.24, 2.45) is 0 Å². The van der Waals surface area contributed by atoms with E-state index < -0.39 is 11.8 Å². The number of ether oxygens (including phenoxy) is 2. The van der Waals surface area contributed by atoms with Crippen LogP contribution in [0.4, 0.5) is 4.39 Å². The summed E-state index contributed by atoms with van der Waals surface area (Å²) in [5.74, 6) is -0.995. The predicted octanol–water partition coefficient (Wildman–Crippen LogP) is 2.59. The second-order valence-electron chi connectivity index (χ2n) is 3.64. The van der Waals surface area contributed by atoms with Crippen molar-refractivity contribution in [3.63, 3.8) is 0 Å². The van der Waals surface area contributed by atoms with Crippen molar-refractivity contribution in [2.45, 2.75) is 13.3 Å². The number of esters is 1. The molecule has 0 atom stereocenters. The number of rotatable bonds is 5. The third kappa shape index (κ3) is 4.11. The van der Waals surface area contributed by atoms with Gasteiger partial charge in [0.2, 0.25) is 0 Å². The summed E-state index contributed by atoms with van der Waals surface area (Å²) in [5, 5.41) is 8.60. The molecule has 0 aliphatic heterocycles. The second-order valence-corrected chi connectivity index (χ2v) is 3.64. The standard InChI is InChI=1S/C14H14FNO3/c1-3-11(14(17)18-2)6-7-19-13-5-4-10(9-16)8-12(13)15/h4-6,8H,3,7H2,1-2H3/b11-6-. The Balaban J connectivity index is 2.70. The topological polar surface area (TPSA) is 59.3 Å². The SMILES string of the molecule is CC/C(=C/COc1ccc(C#N)cc1F)C(=O)OC. The monoisotopic (exact) mass is 263 g/mol. The average Bonchev–Trinajstić information content (AvgIpc) is 2.44. The summed E-state index contributed by atoms with van der Waals surface area (Å²) in [6.07, 6.45) is 2.05. The Morgan fingerprint density at radius 3 is 2.79 bits per heavy atom. The summed E-state index contributed by atoms with van der Waals surface area (Å²) in [4.78, 5) is 11.3. The summed E-state index contributed by atoms with van der Waals surface area (Å²) < 4.78 is 23.3. The Morgan fingerprint density at radius 1 is 1.53 bits per heavy atom. The lowest BCUT2D eigenvalue weighted by Gasteiger charge is -2.06. The molecule has 0 amide bonds. The van der Waals surface area contributed by atoms with E-state index in [0.29, 0.717) is 12.0 Å². The molecular formula is C14H14FNO3. The number of halogens is 1. The van der Waals surface area contributed by atoms with E-state index in [-0.39, 0.29) is 17.9 Å². The van der Waals surface area contributed by atoms with Crippen LogP contribution < -0.4 is 4.74 Å². The van der Waals surface area contributed by atoms with Gasteiger partial charge in [-0.05, 0) is 30.7 Å². The van der Waals surface area contributed by atoms with Crippen LogP contribution in [0.2, 0.25) is 0 Å². The first-order valence-corrected chi connectivity index (χ1v) is 5.72. The maximum Gasteiger partial charge on any atom is 0.333 e. The van der Waals surface area contributed by atoms with Crippen molar-refractivity contribution < 1.29 is 18.7 Å². The zero-order valence-electron chi connectivity index (χ0n) is 10.8. The van der Waals surface area contributed by atoms with Gasteiger partial charge in [0.05, 0.1) is 18.7 Å². The molecular weight excluding hydrogens is 249 g/mol. The van der Waals surface area contributed by atoms with Gasteiger partial charge in [0, 0.05) is 5.57 Å². The van der Waals surface area contributed by atoms with Gasteiger partial charge in [-0.1, -0.05) is 6.92 Å². The molecule has 0 saturated heterocycles. The molecule has 4 nitrogen and oxygen atoms in total. The van der Waals surface area contributed by atoms with Crippen molar-refractivity contribution in [1.29, 1.82) is 5.26 Å². The molecule has 0 spiro atoms. The number of methoxy groups -OCH3 is 1. The molecule has 0 heterocycles. The lowest BCUT2D eigenvalue weighted by Crippen LogP contribution is -2.06. The molecule has 0 bridgehead atoms. The van der Waals surface area contributed by atoms with Gasteiger partial charge >= 0.3 is 5.97 Å². The van der Waals surface area contributed by atoms with Crippen LogP contribution in [0.15, 0.2) is 29.8 Å². The van der Waals surface area contributed by atoms with Gasteiger partial charge in [-0.3, -0.25) is 0 Å². The maximum atomic E-state index is 13.5. The van der Waals surface area contributed by atoms with Crippen LogP contribution >= 0.6 is 0 Å². The Bertz CT molecular complexity index is 532. The van der Waals surface area contributed by atoms with E-state index in [4.69, 9.17) is 10.00 Å². The van der Waals surface area contributed by atoms with Gasteiger partial charge < -0.3 is 9.47 Å². The smallest absolute Gasteiger partial charge is 0.333 e. The Labute approximate surface area is 111 Å². The van der Waals surface area contributed by atoms with Gasteiger partial charge in [-0.15, -0.1) is 0 Å². The van der Waals surface area contributed by atoms with Gasteiger partial charge in [-0.25, -0.2) is 9.18 Å². The Kier molecular flexibility index (Phi) is 5.55. The van der Waals surface area contributed by atoms with Crippen LogP contribution in [-0.4, -0.2) is 19.7 Å². The number of hydrogen-bond acceptors (Lipinski definition) is 4. The van der Waals surface area contributed by atoms with Crippen LogP contribution in [0.1, 0.15) is 18.9 Å². The second kappa shape index (κ2) is 7.17. The number of nitrogens with zero attached hydrogens (tertiary/aromatic N) is 1. The molecule has 0 saturated carbocycles. The van der Waals surface area contributed by atoms with Gasteiger partial charge in [0.1, 0.15) is 6.61 Å². The normalized spacial score (nSPS) is 10.7. The fraction of sp³-hybridized carbons (Fsp3) is 0.286. The average molecular weight is 263 g/mol. The highest BCUT2D eigenvalue weighted by molar-refractivity contribution is 5.88. The van der Waals surface area contributed by atoms with E-state index >= 15 is 0 Å². The molecule has 0 aliphatic carbocycles. The lowest BCUT2D eigenvalue weighted by molar-refractivity contribution is -0.136. The Hall–Kier alpha value is -2.35. The van der Waals surface area contributed by atoms with Crippen LogP contribution in [-0.2, 0) is 9.53 Å². The van der Waals surface area contributed by atoms with E-state index in [1.54, 1.807) is 6.08 Å². The number of nitriles is 1. The quantitative estimate of drug-likeness (QED) is 0.605. The van der Waals surface area contributed by atoms with E-state index in [2.05, 4.69) is 4.74 Å². The molecule has 0 N–H and O–H groups in total. The minimum atomic E-state index is -0.608. The number of carbonyl (C=O) groups excluding carboxylic acids is 1. The van der Waals surface area contributed by atoms with Crippen molar-refractivity contribution in [1.82, 2.24) is 0 Å². The number of carbonyl (C=O) groups is 1. The highest BCUT2D eigenvalue weighted by Gasteiger charge is 2.07. The van der Waals surface area contributed by atoms with E-state index in [9.17, 15) is 9.18 Å². The number of benzene rings is 1. The third-order valence-corrected chi connectivity index (χ3v) is 2.46. The lowest BCUT2D eigenvalue weighted by atomic mass is 10.2. The zero-order valence-corrected chi connectivity index (χ0v) is 10.8. The Morgan fingerprint density at radius 2 is 2.26 bits per heavy atom. The van der Waals surface area contributed by atoms with Crippen molar-refractivity contribution >= 4 is 5.97 Å². The fourth-order valence-corrected chi connectivity index (χ4v) is 1.42. The summed E-state index contributed by atoms with van der Waals surface area (Å²) in [6, 6.07) is 5.77. The third-order valence-electron chi connectivity index (χ3n) is 2.46. The van der Waals surface area contributed by atoms with E-state index in [0.717, 1.165) is 6.07 Å². The van der Waals surface area contributed by atoms with Crippen LogP contribution in [0.3, 0.4) is 0 Å². The van der Waals surface area contributed by atoms with Crippen LogP contribution in [0.5, 0.6) is 5.75 Å². The van der Waals surface area contributed by atoms with Gasteiger partial charge in [0.25, 0.3) is 0 Å². The van der Waals surface area contributed by atoms with Gasteiger partial charge in [0.15, 0.2) is 11.6 Å². The molecule has 0 radical (unpaired) electrons. The van der Waals surface area contributed by atoms with Gasteiger partial charge in [-0.2, -0.15) is 5.26 Å². The van der Waals surface area contributed by atoms with Crippen LogP contribution in [0.25, 0.3) is 0 Å². The summed E-state index contributed by atoms with van der Waals surface area (Å²) >= 11 is 0. The zero-order chi connectivity index (χ0) is 14.3. The molecule has 100 valence electrons. The molecule has 1 rings (SSSR count). The molecule has 0 aromatic heterocycles. The van der Waals surface area contributed by atoms with Crippen LogP contribution in [0, 0.1) is 17.1 Å². The van der Waals surface area contributed by atoms with Crippen molar-refractivity contribution in [3.8, 4) is 11.8 Å². The first kappa shape index (κ1) is 14.7. The first-order chi connectivity index (χ1) is 9.12. The summed E-state index contributed by atoms with van der Waals surface area (Å²) in [7, 11) is 1.30. The molecule has 0 aliphatic rings. The minimum absolute atomic E-state index is 0.0376. The molecule has 0 fully saturated rings. The fourth-order valence-electron chi connectivity index (χ4n) is 1.42. The van der Waals surface area contributed by atoms with Crippen molar-refractivity contribution in [3.05, 3.63) is 41.2 Å². The number of hydrogen-bond donors (Lipinski definition) is 0. The molecule has 5 heteroatoms. The summed E-state index contributed by atoms with van der Waals surface area (Å²) in [6.45, 7) is 1.87. The highest BCUT2D eigenvalue weighted by atomic mass is 19.1. The highest BCUT2D eigenvalue weighted by Crippen LogP contribution is 2.18. The summed E-state index contributed by atoms with van der Waals surface area (Å²) in [5.41, 5.74) is 0.695. The van der Waals surface area contributed by atoms with E-state index in [1.807, 2.05) is 13.0 Å². The first-order valence-electron chi connectivity index (χ1n) is 5.72. The molecule has 1 aromatic carbocycles. The van der Waals surface area contributed by atoms with Crippen molar-refractivity contribution in [2.75, 3.05) is 13.7 Å².